The molecule has 5 aliphatic carbocycles. The van der Waals surface area contributed by atoms with E-state index in [4.69, 9.17) is 5.73 Å². The molecule has 1 unspecified atom stereocenters. The van der Waals surface area contributed by atoms with Crippen molar-refractivity contribution >= 4 is 5.91 Å². The van der Waals surface area contributed by atoms with Gasteiger partial charge < -0.3 is 11.1 Å². The molecule has 4 nitrogen and oxygen atoms in total. The average molecular weight is 346 g/mol. The van der Waals surface area contributed by atoms with Crippen LogP contribution in [0.1, 0.15) is 64.2 Å². The van der Waals surface area contributed by atoms with Gasteiger partial charge in [-0.25, -0.2) is 0 Å². The fourth-order valence-electron chi connectivity index (χ4n) is 7.36. The molecule has 1 amide bonds. The Hall–Kier alpha value is -0.610. The van der Waals surface area contributed by atoms with E-state index in [1.807, 2.05) is 0 Å². The van der Waals surface area contributed by atoms with Gasteiger partial charge >= 0.3 is 0 Å². The predicted octanol–water partition coefficient (Wildman–Crippen LogP) is 2.52. The first kappa shape index (κ1) is 16.6. The predicted molar refractivity (Wildman–Crippen MR) is 98.9 cm³/mol. The molecule has 0 aromatic heterocycles. The van der Waals surface area contributed by atoms with Crippen LogP contribution >= 0.6 is 0 Å². The van der Waals surface area contributed by atoms with Crippen LogP contribution in [0.15, 0.2) is 0 Å². The molecular weight excluding hydrogens is 310 g/mol. The molecular formula is C21H35N3O. The summed E-state index contributed by atoms with van der Waals surface area (Å²) in [7, 11) is 0. The lowest BCUT2D eigenvalue weighted by Crippen LogP contribution is -2.58. The van der Waals surface area contributed by atoms with Gasteiger partial charge in [-0.05, 0) is 81.0 Å². The van der Waals surface area contributed by atoms with Gasteiger partial charge in [0.1, 0.15) is 0 Å². The fourth-order valence-corrected chi connectivity index (χ4v) is 7.36. The van der Waals surface area contributed by atoms with Crippen LogP contribution in [-0.4, -0.2) is 42.0 Å². The minimum atomic E-state index is 0.0350. The van der Waals surface area contributed by atoms with Crippen molar-refractivity contribution in [1.82, 2.24) is 10.2 Å². The van der Waals surface area contributed by atoms with Gasteiger partial charge in [0.2, 0.25) is 5.91 Å². The van der Waals surface area contributed by atoms with E-state index in [2.05, 4.69) is 10.2 Å². The second kappa shape index (κ2) is 6.53. The third-order valence-electron chi connectivity index (χ3n) is 8.24. The largest absolute Gasteiger partial charge is 0.351 e. The Kier molecular flexibility index (Phi) is 4.32. The summed E-state index contributed by atoms with van der Waals surface area (Å²) in [6, 6.07) is 0.675. The van der Waals surface area contributed by atoms with Gasteiger partial charge in [0.25, 0.3) is 0 Å². The Labute approximate surface area is 152 Å². The highest BCUT2D eigenvalue weighted by atomic mass is 16.2. The molecule has 2 atom stereocenters. The zero-order valence-electron chi connectivity index (χ0n) is 15.5. The van der Waals surface area contributed by atoms with Crippen LogP contribution in [-0.2, 0) is 4.79 Å². The van der Waals surface area contributed by atoms with Crippen LogP contribution in [0.25, 0.3) is 0 Å². The molecule has 3 N–H and O–H groups in total. The van der Waals surface area contributed by atoms with Crippen LogP contribution < -0.4 is 11.1 Å². The Morgan fingerprint density at radius 3 is 2.24 bits per heavy atom. The minimum absolute atomic E-state index is 0.0350. The molecule has 0 aromatic rings. The van der Waals surface area contributed by atoms with Gasteiger partial charge in [0, 0.05) is 25.2 Å². The zero-order valence-corrected chi connectivity index (χ0v) is 15.5. The Morgan fingerprint density at radius 2 is 1.60 bits per heavy atom. The first-order chi connectivity index (χ1) is 12.2. The monoisotopic (exact) mass is 345 g/mol. The summed E-state index contributed by atoms with van der Waals surface area (Å²) in [6.07, 6.45) is 13.2. The summed E-state index contributed by atoms with van der Waals surface area (Å²) in [6.45, 7) is 2.00. The second-order valence-corrected chi connectivity index (χ2v) is 10.1. The fraction of sp³-hybridized carbons (Fsp3) is 0.952. The second-order valence-electron chi connectivity index (χ2n) is 10.1. The summed E-state index contributed by atoms with van der Waals surface area (Å²) < 4.78 is 0. The van der Waals surface area contributed by atoms with Crippen molar-refractivity contribution in [2.75, 3.05) is 13.1 Å². The lowest BCUT2D eigenvalue weighted by atomic mass is 9.54. The molecule has 6 fully saturated rings. The molecule has 25 heavy (non-hydrogen) atoms. The Bertz CT molecular complexity index is 487. The summed E-state index contributed by atoms with van der Waals surface area (Å²) in [5, 5.41) is 3.54. The highest BCUT2D eigenvalue weighted by Gasteiger charge is 2.49. The number of carbonyl (C=O) groups is 1. The third-order valence-corrected chi connectivity index (χ3v) is 8.24. The third kappa shape index (κ3) is 3.14. The van der Waals surface area contributed by atoms with Crippen LogP contribution in [0.2, 0.25) is 0 Å². The smallest absolute Gasteiger partial charge is 0.237 e. The molecule has 4 heteroatoms. The maximum Gasteiger partial charge on any atom is 0.237 e. The molecule has 0 spiro atoms. The van der Waals surface area contributed by atoms with E-state index in [-0.39, 0.29) is 12.1 Å². The molecule has 140 valence electrons. The number of carbonyl (C=O) groups excluding carboxylic acids is 1. The number of likely N-dealkylation sites (tertiary alicyclic amines) is 1. The average Bonchev–Trinajstić information content (AvgIpc) is 3.20. The van der Waals surface area contributed by atoms with Gasteiger partial charge in [0.05, 0.1) is 6.04 Å². The maximum absolute atomic E-state index is 13.2. The van der Waals surface area contributed by atoms with Gasteiger partial charge in [-0.3, -0.25) is 9.69 Å². The van der Waals surface area contributed by atoms with E-state index < -0.39 is 0 Å². The number of nitrogens with two attached hydrogens (primary N) is 1. The van der Waals surface area contributed by atoms with Crippen LogP contribution in [0, 0.1) is 29.6 Å². The maximum atomic E-state index is 13.2. The highest BCUT2D eigenvalue weighted by molar-refractivity contribution is 5.82. The number of rotatable bonds is 4. The summed E-state index contributed by atoms with van der Waals surface area (Å²) in [5.41, 5.74) is 6.26. The lowest BCUT2D eigenvalue weighted by molar-refractivity contribution is -0.129. The summed E-state index contributed by atoms with van der Waals surface area (Å²) in [5.74, 6) is 4.55. The quantitative estimate of drug-likeness (QED) is 0.823. The van der Waals surface area contributed by atoms with Crippen molar-refractivity contribution in [2.45, 2.75) is 82.3 Å². The van der Waals surface area contributed by atoms with Gasteiger partial charge in [-0.1, -0.05) is 12.8 Å². The first-order valence-corrected chi connectivity index (χ1v) is 11.0. The SMILES string of the molecule is NC1C[C@@H](C(=O)NC2C3CC4CC(C3)CC2C4)N(CC2CCCC2)C1. The molecule has 1 heterocycles. The molecule has 1 saturated heterocycles. The molecule has 4 bridgehead atoms. The number of hydrogen-bond donors (Lipinski definition) is 2. The number of nitrogens with one attached hydrogen (secondary N) is 1. The van der Waals surface area contributed by atoms with Crippen molar-refractivity contribution in [3.8, 4) is 0 Å². The van der Waals surface area contributed by atoms with E-state index >= 15 is 0 Å². The minimum Gasteiger partial charge on any atom is -0.351 e. The first-order valence-electron chi connectivity index (χ1n) is 11.0. The van der Waals surface area contributed by atoms with E-state index in [0.717, 1.165) is 49.1 Å². The van der Waals surface area contributed by atoms with Gasteiger partial charge in [-0.2, -0.15) is 0 Å². The van der Waals surface area contributed by atoms with E-state index in [1.54, 1.807) is 0 Å². The van der Waals surface area contributed by atoms with Crippen molar-refractivity contribution in [3.05, 3.63) is 0 Å². The van der Waals surface area contributed by atoms with Gasteiger partial charge in [-0.15, -0.1) is 0 Å². The van der Waals surface area contributed by atoms with Crippen molar-refractivity contribution in [2.24, 2.45) is 35.3 Å². The standard InChI is InChI=1S/C21H35N3O/c22-18-10-19(24(12-18)11-13-3-1-2-4-13)21(25)23-20-16-6-14-5-15(8-16)9-17(20)7-14/h13-20H,1-12,22H2,(H,23,25)/t14?,15?,16?,17?,18?,19-,20?/m0/s1. The number of nitrogens with zero attached hydrogens (tertiary/aromatic N) is 1. The summed E-state index contributed by atoms with van der Waals surface area (Å²) >= 11 is 0. The van der Waals surface area contributed by atoms with Gasteiger partial charge in [0.15, 0.2) is 0 Å². The van der Waals surface area contributed by atoms with Crippen molar-refractivity contribution in [1.29, 1.82) is 0 Å². The highest BCUT2D eigenvalue weighted by Crippen LogP contribution is 2.53. The molecule has 5 saturated carbocycles. The normalized spacial score (nSPS) is 46.8. The van der Waals surface area contributed by atoms with Crippen LogP contribution in [0.3, 0.4) is 0 Å². The lowest BCUT2D eigenvalue weighted by Gasteiger charge is -2.54. The molecule has 0 radical (unpaired) electrons. The number of amides is 1. The zero-order chi connectivity index (χ0) is 17.0. The Morgan fingerprint density at radius 1 is 0.960 bits per heavy atom. The summed E-state index contributed by atoms with van der Waals surface area (Å²) in [4.78, 5) is 15.6. The van der Waals surface area contributed by atoms with Crippen molar-refractivity contribution < 1.29 is 4.79 Å². The van der Waals surface area contributed by atoms with Crippen LogP contribution in [0.4, 0.5) is 0 Å². The van der Waals surface area contributed by atoms with E-state index in [9.17, 15) is 4.79 Å². The van der Waals surface area contributed by atoms with Crippen LogP contribution in [0.5, 0.6) is 0 Å². The Balaban J connectivity index is 1.23. The molecule has 1 aliphatic heterocycles. The van der Waals surface area contributed by atoms with E-state index in [1.165, 1.54) is 57.8 Å². The van der Waals surface area contributed by atoms with E-state index in [0.29, 0.717) is 11.9 Å². The molecule has 6 rings (SSSR count). The molecule has 0 aromatic carbocycles. The van der Waals surface area contributed by atoms with Crippen molar-refractivity contribution in [3.63, 3.8) is 0 Å². The number of hydrogen-bond acceptors (Lipinski definition) is 3. The topological polar surface area (TPSA) is 58.4 Å². The molecule has 6 aliphatic rings.